The molecule has 2 N–H and O–H groups in total. The van der Waals surface area contributed by atoms with E-state index in [2.05, 4.69) is 68.7 Å². The minimum Gasteiger partial charge on any atom is -0.375 e. The third kappa shape index (κ3) is 5.99. The SMILES string of the molecule is C=CC(=O)Nc1cc(Nc2nc(Br)cn(C)c2=O)ccc1N1CCN(C2C[C@@H](C)O[C@@H](C)C2)C[C@@H]1C. The van der Waals surface area contributed by atoms with Crippen molar-refractivity contribution in [3.63, 3.8) is 0 Å². The van der Waals surface area contributed by atoms with Gasteiger partial charge in [0.15, 0.2) is 5.82 Å². The second kappa shape index (κ2) is 11.1. The number of nitrogens with one attached hydrogen (secondary N) is 2. The normalized spacial score (nSPS) is 24.9. The zero-order valence-corrected chi connectivity index (χ0v) is 22.9. The molecule has 2 fully saturated rings. The van der Waals surface area contributed by atoms with Gasteiger partial charge in [-0.3, -0.25) is 14.5 Å². The molecule has 2 saturated heterocycles. The van der Waals surface area contributed by atoms with Crippen molar-refractivity contribution in [2.75, 3.05) is 35.2 Å². The number of piperazine rings is 1. The summed E-state index contributed by atoms with van der Waals surface area (Å²) < 4.78 is 7.94. The Balaban J connectivity index is 1.56. The first-order chi connectivity index (χ1) is 17.1. The number of aryl methyl sites for hydroxylation is 1. The molecule has 36 heavy (non-hydrogen) atoms. The van der Waals surface area contributed by atoms with Crippen LogP contribution >= 0.6 is 15.9 Å². The number of amides is 1. The highest BCUT2D eigenvalue weighted by Crippen LogP contribution is 2.34. The van der Waals surface area contributed by atoms with E-state index in [1.165, 1.54) is 10.6 Å². The molecule has 0 radical (unpaired) electrons. The molecule has 0 spiro atoms. The number of carbonyl (C=O) groups excluding carboxylic acids is 1. The Labute approximate surface area is 220 Å². The minimum absolute atomic E-state index is 0.197. The first-order valence-corrected chi connectivity index (χ1v) is 13.2. The summed E-state index contributed by atoms with van der Waals surface area (Å²) in [4.78, 5) is 34.0. The van der Waals surface area contributed by atoms with Gasteiger partial charge in [0.1, 0.15) is 4.60 Å². The van der Waals surface area contributed by atoms with Gasteiger partial charge in [-0.15, -0.1) is 0 Å². The molecule has 9 nitrogen and oxygen atoms in total. The fourth-order valence-corrected chi connectivity index (χ4v) is 5.76. The van der Waals surface area contributed by atoms with Crippen LogP contribution in [0.5, 0.6) is 0 Å². The van der Waals surface area contributed by atoms with Crippen molar-refractivity contribution in [1.82, 2.24) is 14.5 Å². The molecule has 2 aliphatic rings. The van der Waals surface area contributed by atoms with E-state index in [0.29, 0.717) is 22.0 Å². The van der Waals surface area contributed by atoms with E-state index in [1.807, 2.05) is 18.2 Å². The summed E-state index contributed by atoms with van der Waals surface area (Å²) in [5, 5.41) is 6.04. The molecule has 0 aliphatic carbocycles. The molecule has 2 aromatic rings. The van der Waals surface area contributed by atoms with Crippen LogP contribution in [0.3, 0.4) is 0 Å². The number of halogens is 1. The molecule has 194 valence electrons. The zero-order chi connectivity index (χ0) is 26.0. The van der Waals surface area contributed by atoms with Gasteiger partial charge in [0.05, 0.1) is 23.6 Å². The Bertz CT molecular complexity index is 1170. The van der Waals surface area contributed by atoms with E-state index < -0.39 is 0 Å². The van der Waals surface area contributed by atoms with Crippen LogP contribution in [0.2, 0.25) is 0 Å². The lowest BCUT2D eigenvalue weighted by Gasteiger charge is -2.47. The van der Waals surface area contributed by atoms with Crippen LogP contribution in [0.4, 0.5) is 22.9 Å². The summed E-state index contributed by atoms with van der Waals surface area (Å²) in [5.41, 5.74) is 2.00. The van der Waals surface area contributed by atoms with Crippen molar-refractivity contribution in [3.8, 4) is 0 Å². The molecular weight excluding hydrogens is 524 g/mol. The average Bonchev–Trinajstić information content (AvgIpc) is 2.82. The number of anilines is 4. The summed E-state index contributed by atoms with van der Waals surface area (Å²) in [5.74, 6) is -0.0936. The Morgan fingerprint density at radius 2 is 1.94 bits per heavy atom. The summed E-state index contributed by atoms with van der Waals surface area (Å²) in [6, 6.07) is 6.50. The molecule has 4 atom stereocenters. The van der Waals surface area contributed by atoms with Gasteiger partial charge in [0, 0.05) is 50.6 Å². The fraction of sp³-hybridized carbons (Fsp3) is 0.500. The summed E-state index contributed by atoms with van der Waals surface area (Å²) >= 11 is 3.33. The highest BCUT2D eigenvalue weighted by atomic mass is 79.9. The maximum absolute atomic E-state index is 12.5. The number of rotatable bonds is 6. The summed E-state index contributed by atoms with van der Waals surface area (Å²) in [7, 11) is 1.67. The van der Waals surface area contributed by atoms with Gasteiger partial charge in [0.25, 0.3) is 5.56 Å². The number of benzene rings is 1. The lowest BCUT2D eigenvalue weighted by molar-refractivity contribution is -0.111. The van der Waals surface area contributed by atoms with Gasteiger partial charge < -0.3 is 24.8 Å². The van der Waals surface area contributed by atoms with E-state index >= 15 is 0 Å². The lowest BCUT2D eigenvalue weighted by atomic mass is 9.96. The van der Waals surface area contributed by atoms with Gasteiger partial charge in [-0.1, -0.05) is 6.58 Å². The molecule has 1 aromatic heterocycles. The highest BCUT2D eigenvalue weighted by molar-refractivity contribution is 9.10. The molecule has 0 saturated carbocycles. The van der Waals surface area contributed by atoms with Crippen LogP contribution in [0.1, 0.15) is 33.6 Å². The van der Waals surface area contributed by atoms with Crippen LogP contribution in [-0.4, -0.2) is 64.3 Å². The number of nitrogens with zero attached hydrogens (tertiary/aromatic N) is 4. The Morgan fingerprint density at radius 3 is 2.61 bits per heavy atom. The van der Waals surface area contributed by atoms with Gasteiger partial charge in [-0.2, -0.15) is 0 Å². The monoisotopic (exact) mass is 558 g/mol. The number of carbonyl (C=O) groups is 1. The minimum atomic E-state index is -0.290. The van der Waals surface area contributed by atoms with E-state index in [0.717, 1.165) is 38.2 Å². The van der Waals surface area contributed by atoms with E-state index in [-0.39, 0.29) is 35.5 Å². The maximum Gasteiger partial charge on any atom is 0.293 e. The Kier molecular flexibility index (Phi) is 8.17. The van der Waals surface area contributed by atoms with Crippen LogP contribution in [0.25, 0.3) is 0 Å². The molecule has 1 unspecified atom stereocenters. The van der Waals surface area contributed by atoms with Crippen molar-refractivity contribution in [2.45, 2.75) is 57.9 Å². The number of aromatic nitrogens is 2. The first kappa shape index (κ1) is 26.4. The fourth-order valence-electron chi connectivity index (χ4n) is 5.28. The van der Waals surface area contributed by atoms with Crippen LogP contribution < -0.4 is 21.1 Å². The third-order valence-electron chi connectivity index (χ3n) is 6.90. The molecule has 2 aliphatic heterocycles. The maximum atomic E-state index is 12.5. The zero-order valence-electron chi connectivity index (χ0n) is 21.3. The van der Waals surface area contributed by atoms with Crippen molar-refractivity contribution < 1.29 is 9.53 Å². The van der Waals surface area contributed by atoms with Gasteiger partial charge in [-0.05, 0) is 73.8 Å². The van der Waals surface area contributed by atoms with Crippen molar-refractivity contribution in [3.05, 3.63) is 52.0 Å². The largest absolute Gasteiger partial charge is 0.375 e. The Hall–Kier alpha value is -2.69. The predicted molar refractivity (Wildman–Crippen MR) is 147 cm³/mol. The first-order valence-electron chi connectivity index (χ1n) is 12.4. The van der Waals surface area contributed by atoms with Crippen molar-refractivity contribution in [2.24, 2.45) is 7.05 Å². The molecule has 1 amide bonds. The molecule has 0 bridgehead atoms. The lowest BCUT2D eigenvalue weighted by Crippen LogP contribution is -2.57. The Morgan fingerprint density at radius 1 is 1.22 bits per heavy atom. The third-order valence-corrected chi connectivity index (χ3v) is 7.28. The quantitative estimate of drug-likeness (QED) is 0.520. The standard InChI is InChI=1S/C26H35BrN6O3/c1-6-24(34)29-21-13-19(28-25-26(35)31(5)15-23(27)30-25)7-8-22(21)33-10-9-32(14-16(33)2)20-11-17(3)36-18(4)12-20/h6-8,13,15-18,20H,1,9-12,14H2,2-5H3,(H,28,30)(H,29,34)/t16-,17-,18+,20?/m0/s1. The van der Waals surface area contributed by atoms with Crippen LogP contribution in [-0.2, 0) is 16.6 Å². The molecule has 4 rings (SSSR count). The molecule has 10 heteroatoms. The number of hydrogen-bond acceptors (Lipinski definition) is 7. The second-order valence-electron chi connectivity index (χ2n) is 9.80. The number of ether oxygens (including phenoxy) is 1. The smallest absolute Gasteiger partial charge is 0.293 e. The summed E-state index contributed by atoms with van der Waals surface area (Å²) in [6.45, 7) is 12.9. The van der Waals surface area contributed by atoms with Crippen molar-refractivity contribution >= 4 is 44.7 Å². The van der Waals surface area contributed by atoms with Crippen LogP contribution in [0, 0.1) is 0 Å². The molecule has 3 heterocycles. The second-order valence-corrected chi connectivity index (χ2v) is 10.6. The van der Waals surface area contributed by atoms with Gasteiger partial charge >= 0.3 is 0 Å². The van der Waals surface area contributed by atoms with E-state index in [4.69, 9.17) is 4.74 Å². The van der Waals surface area contributed by atoms with Gasteiger partial charge in [0.2, 0.25) is 5.91 Å². The van der Waals surface area contributed by atoms with E-state index in [1.54, 1.807) is 13.2 Å². The average molecular weight is 560 g/mol. The van der Waals surface area contributed by atoms with Gasteiger partial charge in [-0.25, -0.2) is 4.98 Å². The van der Waals surface area contributed by atoms with E-state index in [9.17, 15) is 9.59 Å². The van der Waals surface area contributed by atoms with Crippen molar-refractivity contribution in [1.29, 1.82) is 0 Å². The topological polar surface area (TPSA) is 91.7 Å². The highest BCUT2D eigenvalue weighted by Gasteiger charge is 2.34. The predicted octanol–water partition coefficient (Wildman–Crippen LogP) is 3.88. The molecule has 1 aromatic carbocycles. The van der Waals surface area contributed by atoms with Crippen LogP contribution in [0.15, 0.2) is 46.4 Å². The molecular formula is C26H35BrN6O3. The number of hydrogen-bond donors (Lipinski definition) is 2. The summed E-state index contributed by atoms with van der Waals surface area (Å²) in [6.07, 6.45) is 5.54.